The standard InChI is InChI=1S/C17H16ClN3O7S/c1-20(2)29(26,27)13-5-3-4-11(8-13)19-16(22)10-28-17(23)14-9-12(21(24)25)6-7-15(14)18/h3-9H,10H2,1-2H3,(H,19,22). The third kappa shape index (κ3) is 5.50. The van der Waals surface area contributed by atoms with Crippen LogP contribution < -0.4 is 5.32 Å². The van der Waals surface area contributed by atoms with E-state index >= 15 is 0 Å². The Morgan fingerprint density at radius 1 is 1.21 bits per heavy atom. The van der Waals surface area contributed by atoms with E-state index in [1.165, 1.54) is 44.4 Å². The van der Waals surface area contributed by atoms with Gasteiger partial charge < -0.3 is 10.1 Å². The van der Waals surface area contributed by atoms with Gasteiger partial charge in [-0.2, -0.15) is 0 Å². The van der Waals surface area contributed by atoms with Gasteiger partial charge in [0.2, 0.25) is 10.0 Å². The van der Waals surface area contributed by atoms with Crippen molar-refractivity contribution < 1.29 is 27.7 Å². The van der Waals surface area contributed by atoms with E-state index in [2.05, 4.69) is 5.32 Å². The second-order valence-electron chi connectivity index (χ2n) is 5.86. The SMILES string of the molecule is CN(C)S(=O)(=O)c1cccc(NC(=O)COC(=O)c2cc([N+](=O)[O-])ccc2Cl)c1. The lowest BCUT2D eigenvalue weighted by Gasteiger charge is -2.13. The molecule has 0 aliphatic heterocycles. The third-order valence-corrected chi connectivity index (χ3v) is 5.75. The smallest absolute Gasteiger partial charge is 0.340 e. The van der Waals surface area contributed by atoms with Gasteiger partial charge in [-0.1, -0.05) is 17.7 Å². The topological polar surface area (TPSA) is 136 Å². The van der Waals surface area contributed by atoms with Crippen molar-refractivity contribution in [3.63, 3.8) is 0 Å². The van der Waals surface area contributed by atoms with E-state index in [1.807, 2.05) is 0 Å². The molecule has 2 aromatic rings. The summed E-state index contributed by atoms with van der Waals surface area (Å²) in [6.45, 7) is -0.706. The van der Waals surface area contributed by atoms with E-state index in [0.717, 1.165) is 16.4 Å². The summed E-state index contributed by atoms with van der Waals surface area (Å²) >= 11 is 5.84. The van der Waals surface area contributed by atoms with Gasteiger partial charge in [0.1, 0.15) is 0 Å². The second-order valence-corrected chi connectivity index (χ2v) is 8.42. The Hall–Kier alpha value is -3.02. The average Bonchev–Trinajstić information content (AvgIpc) is 2.66. The Kier molecular flexibility index (Phi) is 6.90. The summed E-state index contributed by atoms with van der Waals surface area (Å²) < 4.78 is 30.1. The molecule has 0 atom stereocenters. The largest absolute Gasteiger partial charge is 0.452 e. The van der Waals surface area contributed by atoms with E-state index in [9.17, 15) is 28.1 Å². The van der Waals surface area contributed by atoms with E-state index in [-0.39, 0.29) is 26.9 Å². The summed E-state index contributed by atoms with van der Waals surface area (Å²) in [4.78, 5) is 34.1. The molecule has 12 heteroatoms. The molecule has 0 heterocycles. The number of carbonyl (C=O) groups excluding carboxylic acids is 2. The van der Waals surface area contributed by atoms with Gasteiger partial charge in [0.15, 0.2) is 6.61 Å². The minimum atomic E-state index is -3.69. The van der Waals surface area contributed by atoms with E-state index in [0.29, 0.717) is 0 Å². The number of halogens is 1. The number of nitro benzene ring substituents is 1. The summed E-state index contributed by atoms with van der Waals surface area (Å²) in [5, 5.41) is 13.1. The summed E-state index contributed by atoms with van der Waals surface area (Å²) in [5.74, 6) is -1.75. The first-order chi connectivity index (χ1) is 13.5. The van der Waals surface area contributed by atoms with Crippen molar-refractivity contribution in [2.24, 2.45) is 0 Å². The van der Waals surface area contributed by atoms with E-state index < -0.39 is 33.4 Å². The Labute approximate surface area is 171 Å². The monoisotopic (exact) mass is 441 g/mol. The molecule has 154 valence electrons. The fourth-order valence-electron chi connectivity index (χ4n) is 2.13. The van der Waals surface area contributed by atoms with E-state index in [4.69, 9.17) is 16.3 Å². The van der Waals surface area contributed by atoms with Gasteiger partial charge in [-0.3, -0.25) is 14.9 Å². The highest BCUT2D eigenvalue weighted by Gasteiger charge is 2.19. The van der Waals surface area contributed by atoms with Gasteiger partial charge in [0.05, 0.1) is 20.4 Å². The molecule has 0 bridgehead atoms. The third-order valence-electron chi connectivity index (χ3n) is 3.61. The lowest BCUT2D eigenvalue weighted by atomic mass is 10.2. The van der Waals surface area contributed by atoms with Crippen molar-refractivity contribution in [3.8, 4) is 0 Å². The number of nitro groups is 1. The van der Waals surface area contributed by atoms with Gasteiger partial charge in [0, 0.05) is 31.9 Å². The van der Waals surface area contributed by atoms with Crippen molar-refractivity contribution in [3.05, 3.63) is 63.2 Å². The second kappa shape index (κ2) is 8.99. The minimum Gasteiger partial charge on any atom is -0.452 e. The van der Waals surface area contributed by atoms with Crippen LogP contribution in [0.25, 0.3) is 0 Å². The van der Waals surface area contributed by atoms with Gasteiger partial charge in [-0.25, -0.2) is 17.5 Å². The fraction of sp³-hybridized carbons (Fsp3) is 0.176. The minimum absolute atomic E-state index is 0.0272. The van der Waals surface area contributed by atoms with Crippen LogP contribution in [-0.2, 0) is 19.6 Å². The number of hydrogen-bond acceptors (Lipinski definition) is 7. The lowest BCUT2D eigenvalue weighted by molar-refractivity contribution is -0.384. The number of non-ortho nitro benzene ring substituents is 1. The molecule has 0 aliphatic rings. The zero-order chi connectivity index (χ0) is 21.8. The number of nitrogens with one attached hydrogen (secondary N) is 1. The molecule has 0 aliphatic carbocycles. The van der Waals surface area contributed by atoms with Crippen LogP contribution in [-0.4, -0.2) is 50.2 Å². The fourth-order valence-corrected chi connectivity index (χ4v) is 3.28. The van der Waals surface area contributed by atoms with Crippen molar-refractivity contribution in [1.29, 1.82) is 0 Å². The molecule has 0 spiro atoms. The molecule has 2 rings (SSSR count). The number of sulfonamides is 1. The molecule has 0 radical (unpaired) electrons. The molecule has 0 fully saturated rings. The summed E-state index contributed by atoms with van der Waals surface area (Å²) in [5.41, 5.74) is -0.431. The average molecular weight is 442 g/mol. The van der Waals surface area contributed by atoms with Crippen LogP contribution in [0.5, 0.6) is 0 Å². The number of rotatable bonds is 7. The molecule has 0 saturated carbocycles. The predicted octanol–water partition coefficient (Wildman–Crippen LogP) is 2.29. The molecule has 0 saturated heterocycles. The Morgan fingerprint density at radius 2 is 1.90 bits per heavy atom. The predicted molar refractivity (Wildman–Crippen MR) is 104 cm³/mol. The molecular weight excluding hydrogens is 426 g/mol. The van der Waals surface area contributed by atoms with Crippen LogP contribution in [0.15, 0.2) is 47.4 Å². The van der Waals surface area contributed by atoms with E-state index in [1.54, 1.807) is 0 Å². The van der Waals surface area contributed by atoms with Crippen LogP contribution >= 0.6 is 11.6 Å². The zero-order valence-electron chi connectivity index (χ0n) is 15.3. The van der Waals surface area contributed by atoms with Crippen molar-refractivity contribution in [1.82, 2.24) is 4.31 Å². The first-order valence-corrected chi connectivity index (χ1v) is 9.77. The maximum atomic E-state index is 12.1. The maximum Gasteiger partial charge on any atom is 0.340 e. The van der Waals surface area contributed by atoms with Crippen molar-refractivity contribution in [2.45, 2.75) is 4.90 Å². The van der Waals surface area contributed by atoms with Crippen LogP contribution in [0.3, 0.4) is 0 Å². The number of anilines is 1. The number of esters is 1. The van der Waals surface area contributed by atoms with Crippen LogP contribution in [0, 0.1) is 10.1 Å². The molecule has 2 aromatic carbocycles. The number of amides is 1. The normalized spacial score (nSPS) is 11.2. The Bertz CT molecular complexity index is 1070. The van der Waals surface area contributed by atoms with Crippen LogP contribution in [0.4, 0.5) is 11.4 Å². The maximum absolute atomic E-state index is 12.1. The summed E-state index contributed by atoms with van der Waals surface area (Å²) in [7, 11) is -0.938. The number of ether oxygens (including phenoxy) is 1. The number of carbonyl (C=O) groups is 2. The Balaban J connectivity index is 2.05. The van der Waals surface area contributed by atoms with Gasteiger partial charge >= 0.3 is 5.97 Å². The molecule has 0 unspecified atom stereocenters. The van der Waals surface area contributed by atoms with Gasteiger partial charge in [-0.05, 0) is 24.3 Å². The number of hydrogen-bond donors (Lipinski definition) is 1. The van der Waals surface area contributed by atoms with Gasteiger partial charge in [-0.15, -0.1) is 0 Å². The summed E-state index contributed by atoms with van der Waals surface area (Å²) in [6, 6.07) is 8.78. The highest BCUT2D eigenvalue weighted by Crippen LogP contribution is 2.23. The number of benzene rings is 2. The van der Waals surface area contributed by atoms with Crippen molar-refractivity contribution in [2.75, 3.05) is 26.0 Å². The van der Waals surface area contributed by atoms with Crippen LogP contribution in [0.2, 0.25) is 5.02 Å². The molecule has 1 amide bonds. The Morgan fingerprint density at radius 3 is 2.52 bits per heavy atom. The van der Waals surface area contributed by atoms with Crippen LogP contribution in [0.1, 0.15) is 10.4 Å². The highest BCUT2D eigenvalue weighted by atomic mass is 35.5. The summed E-state index contributed by atoms with van der Waals surface area (Å²) in [6.07, 6.45) is 0. The van der Waals surface area contributed by atoms with Crippen molar-refractivity contribution >= 4 is 44.9 Å². The molecular formula is C17H16ClN3O7S. The molecule has 1 N–H and O–H groups in total. The molecule has 0 aromatic heterocycles. The molecule has 29 heavy (non-hydrogen) atoms. The zero-order valence-corrected chi connectivity index (χ0v) is 16.9. The quantitative estimate of drug-likeness (QED) is 0.395. The first kappa shape index (κ1) is 22.3. The first-order valence-electron chi connectivity index (χ1n) is 7.96. The molecule has 10 nitrogen and oxygen atoms in total. The van der Waals surface area contributed by atoms with Gasteiger partial charge in [0.25, 0.3) is 11.6 Å². The number of nitrogens with zero attached hydrogens (tertiary/aromatic N) is 2. The lowest BCUT2D eigenvalue weighted by Crippen LogP contribution is -2.23. The highest BCUT2D eigenvalue weighted by molar-refractivity contribution is 7.89.